The second kappa shape index (κ2) is 9.25. The van der Waals surface area contributed by atoms with Crippen molar-refractivity contribution >= 4 is 38.8 Å². The molecule has 0 unspecified atom stereocenters. The van der Waals surface area contributed by atoms with Gasteiger partial charge in [-0.15, -0.1) is 0 Å². The molecular formula is C22H19BrN2O4. The van der Waals surface area contributed by atoms with Crippen LogP contribution in [-0.4, -0.2) is 30.9 Å². The number of amides is 1. The highest BCUT2D eigenvalue weighted by Crippen LogP contribution is 2.36. The normalized spacial score (nSPS) is 10.8. The molecule has 0 atom stereocenters. The van der Waals surface area contributed by atoms with E-state index in [2.05, 4.69) is 33.0 Å². The average molecular weight is 455 g/mol. The number of phenols is 1. The highest BCUT2D eigenvalue weighted by atomic mass is 79.9. The van der Waals surface area contributed by atoms with Gasteiger partial charge in [-0.3, -0.25) is 4.79 Å². The highest BCUT2D eigenvalue weighted by Gasteiger charge is 2.13. The summed E-state index contributed by atoms with van der Waals surface area (Å²) in [6, 6.07) is 14.2. The quantitative estimate of drug-likeness (QED) is 0.309. The maximum atomic E-state index is 12.4. The predicted molar refractivity (Wildman–Crippen MR) is 117 cm³/mol. The number of hydrazone groups is 1. The lowest BCUT2D eigenvalue weighted by Crippen LogP contribution is -2.17. The maximum Gasteiger partial charge on any atom is 0.275 e. The van der Waals surface area contributed by atoms with Crippen LogP contribution in [0.2, 0.25) is 0 Å². The van der Waals surface area contributed by atoms with E-state index in [9.17, 15) is 9.90 Å². The van der Waals surface area contributed by atoms with Gasteiger partial charge in [-0.1, -0.05) is 36.9 Å². The van der Waals surface area contributed by atoms with Gasteiger partial charge in [-0.2, -0.15) is 5.10 Å². The predicted octanol–water partition coefficient (Wildman–Crippen LogP) is 4.65. The number of nitrogens with zero attached hydrogens (tertiary/aromatic N) is 1. The molecule has 3 rings (SSSR count). The third-order valence-electron chi connectivity index (χ3n) is 4.09. The highest BCUT2D eigenvalue weighted by molar-refractivity contribution is 9.10. The van der Waals surface area contributed by atoms with E-state index in [1.807, 2.05) is 24.3 Å². The number of nitrogens with one attached hydrogen (secondary N) is 1. The molecule has 0 aliphatic heterocycles. The summed E-state index contributed by atoms with van der Waals surface area (Å²) >= 11 is 3.44. The van der Waals surface area contributed by atoms with Crippen molar-refractivity contribution in [3.63, 3.8) is 0 Å². The summed E-state index contributed by atoms with van der Waals surface area (Å²) in [5.41, 5.74) is 3.26. The molecule has 0 spiro atoms. The molecule has 3 aromatic rings. The van der Waals surface area contributed by atoms with Gasteiger partial charge in [0.1, 0.15) is 12.4 Å². The monoisotopic (exact) mass is 454 g/mol. The fourth-order valence-electron chi connectivity index (χ4n) is 2.73. The zero-order valence-electron chi connectivity index (χ0n) is 15.7. The average Bonchev–Trinajstić information content (AvgIpc) is 2.72. The summed E-state index contributed by atoms with van der Waals surface area (Å²) in [6.45, 7) is 3.96. The van der Waals surface area contributed by atoms with Crippen molar-refractivity contribution in [2.45, 2.75) is 0 Å². The standard InChI is InChI=1S/C22H19BrN2O4/c1-3-8-29-21-18(23)9-14(10-20(21)28-2)13-24-25-22(27)17-11-15-6-4-5-7-16(15)12-19(17)26/h3-7,9-13,26H,1,8H2,2H3,(H,25,27)/b24-13-. The zero-order valence-corrected chi connectivity index (χ0v) is 17.3. The van der Waals surface area contributed by atoms with Gasteiger partial charge in [-0.25, -0.2) is 5.43 Å². The van der Waals surface area contributed by atoms with Crippen molar-refractivity contribution in [1.29, 1.82) is 0 Å². The fraction of sp³-hybridized carbons (Fsp3) is 0.0909. The minimum atomic E-state index is -0.513. The number of carbonyl (C=O) groups is 1. The Labute approximate surface area is 176 Å². The Bertz CT molecular complexity index is 1100. The van der Waals surface area contributed by atoms with Crippen LogP contribution in [0.15, 0.2) is 70.8 Å². The minimum Gasteiger partial charge on any atom is -0.507 e. The number of rotatable bonds is 7. The molecule has 0 aliphatic carbocycles. The minimum absolute atomic E-state index is 0.107. The molecule has 0 saturated heterocycles. The molecule has 148 valence electrons. The number of hydrogen-bond donors (Lipinski definition) is 2. The number of hydrogen-bond acceptors (Lipinski definition) is 5. The van der Waals surface area contributed by atoms with Gasteiger partial charge in [0.25, 0.3) is 5.91 Å². The first kappa shape index (κ1) is 20.4. The molecular weight excluding hydrogens is 436 g/mol. The van der Waals surface area contributed by atoms with Crippen LogP contribution < -0.4 is 14.9 Å². The molecule has 3 aromatic carbocycles. The Morgan fingerprint density at radius 2 is 1.97 bits per heavy atom. The maximum absolute atomic E-state index is 12.4. The number of benzene rings is 3. The lowest BCUT2D eigenvalue weighted by atomic mass is 10.1. The molecule has 0 fully saturated rings. The third kappa shape index (κ3) is 4.75. The largest absolute Gasteiger partial charge is 0.507 e. The SMILES string of the molecule is C=CCOc1c(Br)cc(/C=N\NC(=O)c2cc3ccccc3cc2O)cc1OC. The van der Waals surface area contributed by atoms with Gasteiger partial charge in [0.15, 0.2) is 11.5 Å². The number of carbonyl (C=O) groups excluding carboxylic acids is 1. The van der Waals surface area contributed by atoms with Crippen molar-refractivity contribution < 1.29 is 19.4 Å². The molecule has 0 saturated carbocycles. The van der Waals surface area contributed by atoms with Crippen LogP contribution >= 0.6 is 15.9 Å². The first-order chi connectivity index (χ1) is 14.0. The van der Waals surface area contributed by atoms with Gasteiger partial charge in [0, 0.05) is 0 Å². The Morgan fingerprint density at radius 3 is 2.66 bits per heavy atom. The van der Waals surface area contributed by atoms with Crippen molar-refractivity contribution in [2.24, 2.45) is 5.10 Å². The van der Waals surface area contributed by atoms with Crippen molar-refractivity contribution in [3.05, 3.63) is 76.8 Å². The Kier molecular flexibility index (Phi) is 6.51. The Balaban J connectivity index is 1.77. The van der Waals surface area contributed by atoms with Gasteiger partial charge >= 0.3 is 0 Å². The van der Waals surface area contributed by atoms with E-state index in [0.717, 1.165) is 10.8 Å². The fourth-order valence-corrected chi connectivity index (χ4v) is 3.31. The summed E-state index contributed by atoms with van der Waals surface area (Å²) in [6.07, 6.45) is 3.11. The molecule has 0 aliphatic rings. The van der Waals surface area contributed by atoms with Crippen LogP contribution in [0.5, 0.6) is 17.2 Å². The van der Waals surface area contributed by atoms with Crippen LogP contribution in [0.4, 0.5) is 0 Å². The smallest absolute Gasteiger partial charge is 0.275 e. The van der Waals surface area contributed by atoms with Crippen molar-refractivity contribution in [3.8, 4) is 17.2 Å². The molecule has 0 bridgehead atoms. The summed E-state index contributed by atoms with van der Waals surface area (Å²) in [5, 5.41) is 15.8. The van der Waals surface area contributed by atoms with Crippen LogP contribution in [0, 0.1) is 0 Å². The van der Waals surface area contributed by atoms with Crippen LogP contribution in [0.1, 0.15) is 15.9 Å². The van der Waals surface area contributed by atoms with E-state index in [4.69, 9.17) is 9.47 Å². The summed E-state index contributed by atoms with van der Waals surface area (Å²) < 4.78 is 11.6. The van der Waals surface area contributed by atoms with Crippen molar-refractivity contribution in [1.82, 2.24) is 5.43 Å². The van der Waals surface area contributed by atoms with Gasteiger partial charge in [0.05, 0.1) is 23.4 Å². The molecule has 29 heavy (non-hydrogen) atoms. The van der Waals surface area contributed by atoms with E-state index in [1.165, 1.54) is 13.3 Å². The lowest BCUT2D eigenvalue weighted by Gasteiger charge is -2.12. The zero-order chi connectivity index (χ0) is 20.8. The van der Waals surface area contributed by atoms with E-state index in [0.29, 0.717) is 28.1 Å². The number of phenolic OH excluding ortho intramolecular Hbond substituents is 1. The Hall–Kier alpha value is -3.32. The molecule has 0 radical (unpaired) electrons. The molecule has 7 heteroatoms. The summed E-state index contributed by atoms with van der Waals surface area (Å²) in [5.74, 6) is 0.446. The molecule has 6 nitrogen and oxygen atoms in total. The molecule has 1 amide bonds. The van der Waals surface area contributed by atoms with E-state index in [-0.39, 0.29) is 11.3 Å². The third-order valence-corrected chi connectivity index (χ3v) is 4.67. The molecule has 0 aromatic heterocycles. The van der Waals surface area contributed by atoms with Crippen LogP contribution in [0.3, 0.4) is 0 Å². The molecule has 2 N–H and O–H groups in total. The van der Waals surface area contributed by atoms with Crippen LogP contribution in [0.25, 0.3) is 10.8 Å². The van der Waals surface area contributed by atoms with Gasteiger partial charge in [0.2, 0.25) is 0 Å². The number of halogens is 1. The topological polar surface area (TPSA) is 80.2 Å². The van der Waals surface area contributed by atoms with Crippen molar-refractivity contribution in [2.75, 3.05) is 13.7 Å². The van der Waals surface area contributed by atoms with Gasteiger partial charge < -0.3 is 14.6 Å². The van der Waals surface area contributed by atoms with E-state index in [1.54, 1.807) is 30.3 Å². The number of ether oxygens (including phenoxy) is 2. The Morgan fingerprint density at radius 1 is 1.24 bits per heavy atom. The number of methoxy groups -OCH3 is 1. The number of aromatic hydroxyl groups is 1. The van der Waals surface area contributed by atoms with Gasteiger partial charge in [-0.05, 0) is 56.5 Å². The molecule has 0 heterocycles. The second-order valence-corrected chi connectivity index (χ2v) is 6.90. The summed E-state index contributed by atoms with van der Waals surface area (Å²) in [4.78, 5) is 12.4. The first-order valence-electron chi connectivity index (χ1n) is 8.70. The lowest BCUT2D eigenvalue weighted by molar-refractivity contribution is 0.0952. The van der Waals surface area contributed by atoms with E-state index < -0.39 is 5.91 Å². The van der Waals surface area contributed by atoms with Crippen LogP contribution in [-0.2, 0) is 0 Å². The first-order valence-corrected chi connectivity index (χ1v) is 9.49. The second-order valence-electron chi connectivity index (χ2n) is 6.05. The van der Waals surface area contributed by atoms with E-state index >= 15 is 0 Å². The number of fused-ring (bicyclic) bond motifs is 1. The summed E-state index contributed by atoms with van der Waals surface area (Å²) in [7, 11) is 1.54.